The van der Waals surface area contributed by atoms with Gasteiger partial charge >= 0.3 is 0 Å². The van der Waals surface area contributed by atoms with Crippen molar-refractivity contribution in [1.82, 2.24) is 5.32 Å². The average Bonchev–Trinajstić information content (AvgIpc) is 2.73. The van der Waals surface area contributed by atoms with E-state index in [0.717, 1.165) is 18.7 Å². The van der Waals surface area contributed by atoms with Crippen LogP contribution in [0.5, 0.6) is 0 Å². The van der Waals surface area contributed by atoms with Crippen LogP contribution in [-0.2, 0) is 6.42 Å². The largest absolute Gasteiger partial charge is 0.469 e. The summed E-state index contributed by atoms with van der Waals surface area (Å²) in [4.78, 5) is 0. The second-order valence-corrected chi connectivity index (χ2v) is 4.45. The summed E-state index contributed by atoms with van der Waals surface area (Å²) < 4.78 is 5.53. The molecule has 92 valence electrons. The summed E-state index contributed by atoms with van der Waals surface area (Å²) >= 11 is 0. The lowest BCUT2D eigenvalue weighted by Crippen LogP contribution is -2.27. The maximum atomic E-state index is 5.53. The minimum absolute atomic E-state index is 0.443. The molecule has 1 aromatic heterocycles. The van der Waals surface area contributed by atoms with Gasteiger partial charge in [0.25, 0.3) is 0 Å². The third kappa shape index (κ3) is 3.11. The fraction of sp³-hybridized carbons (Fsp3) is 0.714. The molecule has 16 heavy (non-hydrogen) atoms. The summed E-state index contributed by atoms with van der Waals surface area (Å²) in [6.45, 7) is 9.89. The number of aryl methyl sites for hydroxylation is 1. The Bertz CT molecular complexity index is 293. The zero-order chi connectivity index (χ0) is 12.0. The van der Waals surface area contributed by atoms with Gasteiger partial charge in [-0.2, -0.15) is 0 Å². The Morgan fingerprint density at radius 1 is 1.31 bits per heavy atom. The van der Waals surface area contributed by atoms with E-state index in [1.807, 2.05) is 6.26 Å². The van der Waals surface area contributed by atoms with Crippen LogP contribution in [0.3, 0.4) is 0 Å². The first-order chi connectivity index (χ1) is 7.74. The molecule has 0 radical (unpaired) electrons. The molecule has 0 aromatic carbocycles. The van der Waals surface area contributed by atoms with Crippen molar-refractivity contribution < 1.29 is 4.42 Å². The van der Waals surface area contributed by atoms with Crippen molar-refractivity contribution in [3.05, 3.63) is 23.7 Å². The molecule has 0 amide bonds. The maximum Gasteiger partial charge on any atom is 0.108 e. The molecule has 0 bridgehead atoms. The van der Waals surface area contributed by atoms with Gasteiger partial charge in [0.05, 0.1) is 6.26 Å². The van der Waals surface area contributed by atoms with E-state index in [9.17, 15) is 0 Å². The molecule has 0 saturated heterocycles. The molecule has 0 spiro atoms. The molecule has 1 heterocycles. The van der Waals surface area contributed by atoms with Gasteiger partial charge in [-0.05, 0) is 24.9 Å². The van der Waals surface area contributed by atoms with Crippen LogP contribution in [-0.4, -0.2) is 6.54 Å². The molecule has 2 nitrogen and oxygen atoms in total. The van der Waals surface area contributed by atoms with Crippen LogP contribution in [0.4, 0.5) is 0 Å². The number of nitrogens with one attached hydrogen (secondary N) is 1. The molecule has 0 fully saturated rings. The first-order valence-electron chi connectivity index (χ1n) is 6.54. The fourth-order valence-corrected chi connectivity index (χ4v) is 2.37. The van der Waals surface area contributed by atoms with Gasteiger partial charge in [0.1, 0.15) is 5.76 Å². The highest BCUT2D eigenvalue weighted by Gasteiger charge is 2.21. The number of furan rings is 1. The smallest absolute Gasteiger partial charge is 0.108 e. The van der Waals surface area contributed by atoms with Crippen LogP contribution in [0.15, 0.2) is 16.7 Å². The van der Waals surface area contributed by atoms with Gasteiger partial charge in [-0.3, -0.25) is 0 Å². The van der Waals surface area contributed by atoms with Crippen molar-refractivity contribution in [2.45, 2.75) is 53.0 Å². The second kappa shape index (κ2) is 6.74. The van der Waals surface area contributed by atoms with E-state index in [1.54, 1.807) is 0 Å². The Balaban J connectivity index is 2.83. The molecule has 1 aromatic rings. The summed E-state index contributed by atoms with van der Waals surface area (Å²) in [5.74, 6) is 1.79. The van der Waals surface area contributed by atoms with E-state index >= 15 is 0 Å². The monoisotopic (exact) mass is 223 g/mol. The second-order valence-electron chi connectivity index (χ2n) is 4.45. The molecule has 2 unspecified atom stereocenters. The molecule has 0 aliphatic carbocycles. The van der Waals surface area contributed by atoms with E-state index in [4.69, 9.17) is 4.42 Å². The van der Waals surface area contributed by atoms with Crippen molar-refractivity contribution in [3.63, 3.8) is 0 Å². The van der Waals surface area contributed by atoms with Gasteiger partial charge in [-0.15, -0.1) is 0 Å². The number of hydrogen-bond donors (Lipinski definition) is 1. The molecule has 2 heteroatoms. The van der Waals surface area contributed by atoms with Crippen LogP contribution in [0.25, 0.3) is 0 Å². The molecule has 0 aliphatic rings. The predicted molar refractivity (Wildman–Crippen MR) is 68.6 cm³/mol. The molecular formula is C14H25NO. The average molecular weight is 223 g/mol. The maximum absolute atomic E-state index is 5.53. The van der Waals surface area contributed by atoms with Gasteiger partial charge in [-0.25, -0.2) is 0 Å². The Hall–Kier alpha value is -0.760. The lowest BCUT2D eigenvalue weighted by Gasteiger charge is -2.24. The van der Waals surface area contributed by atoms with Crippen LogP contribution in [0.2, 0.25) is 0 Å². The highest BCUT2D eigenvalue weighted by atomic mass is 16.3. The van der Waals surface area contributed by atoms with Crippen molar-refractivity contribution in [3.8, 4) is 0 Å². The van der Waals surface area contributed by atoms with E-state index in [2.05, 4.69) is 39.1 Å². The SMILES string of the molecule is CCCC(C)C(NCC)c1ccoc1CC. The predicted octanol–water partition coefficient (Wildman–Crippen LogP) is 3.93. The molecule has 1 N–H and O–H groups in total. The lowest BCUT2D eigenvalue weighted by molar-refractivity contribution is 0.362. The summed E-state index contributed by atoms with van der Waals surface area (Å²) in [5.41, 5.74) is 1.35. The number of rotatable bonds is 7. The first kappa shape index (κ1) is 13.3. The van der Waals surface area contributed by atoms with Crippen LogP contribution < -0.4 is 5.32 Å². The molecule has 1 rings (SSSR count). The Morgan fingerprint density at radius 2 is 2.06 bits per heavy atom. The minimum Gasteiger partial charge on any atom is -0.469 e. The van der Waals surface area contributed by atoms with Crippen LogP contribution in [0.1, 0.15) is 57.9 Å². The molecule has 0 aliphatic heterocycles. The molecular weight excluding hydrogens is 198 g/mol. The van der Waals surface area contributed by atoms with Gasteiger partial charge in [0, 0.05) is 18.0 Å². The van der Waals surface area contributed by atoms with E-state index in [0.29, 0.717) is 12.0 Å². The minimum atomic E-state index is 0.443. The van der Waals surface area contributed by atoms with Gasteiger partial charge in [0.15, 0.2) is 0 Å². The van der Waals surface area contributed by atoms with E-state index in [-0.39, 0.29) is 0 Å². The number of hydrogen-bond acceptors (Lipinski definition) is 2. The highest BCUT2D eigenvalue weighted by molar-refractivity contribution is 5.22. The third-order valence-electron chi connectivity index (χ3n) is 3.17. The van der Waals surface area contributed by atoms with Gasteiger partial charge in [0.2, 0.25) is 0 Å². The molecule has 0 saturated carbocycles. The molecule has 2 atom stereocenters. The van der Waals surface area contributed by atoms with Gasteiger partial charge < -0.3 is 9.73 Å². The zero-order valence-electron chi connectivity index (χ0n) is 11.0. The standard InChI is InChI=1S/C14H25NO/c1-5-8-11(4)14(15-7-3)12-9-10-16-13(12)6-2/h9-11,14-15H,5-8H2,1-4H3. The third-order valence-corrected chi connectivity index (χ3v) is 3.17. The summed E-state index contributed by atoms with van der Waals surface area (Å²) in [7, 11) is 0. The van der Waals surface area contributed by atoms with Crippen molar-refractivity contribution in [1.29, 1.82) is 0 Å². The van der Waals surface area contributed by atoms with Crippen molar-refractivity contribution in [2.24, 2.45) is 5.92 Å². The Morgan fingerprint density at radius 3 is 2.62 bits per heavy atom. The zero-order valence-corrected chi connectivity index (χ0v) is 11.0. The van der Waals surface area contributed by atoms with Crippen LogP contribution in [0, 0.1) is 5.92 Å². The lowest BCUT2D eigenvalue weighted by atomic mass is 9.90. The van der Waals surface area contributed by atoms with Crippen molar-refractivity contribution >= 4 is 0 Å². The normalized spacial score (nSPS) is 15.0. The Kier molecular flexibility index (Phi) is 5.61. The Labute approximate surface area is 99.4 Å². The van der Waals surface area contributed by atoms with Gasteiger partial charge in [-0.1, -0.05) is 34.1 Å². The van der Waals surface area contributed by atoms with Crippen LogP contribution >= 0.6 is 0 Å². The van der Waals surface area contributed by atoms with Crippen molar-refractivity contribution in [2.75, 3.05) is 6.54 Å². The fourth-order valence-electron chi connectivity index (χ4n) is 2.37. The highest BCUT2D eigenvalue weighted by Crippen LogP contribution is 2.29. The summed E-state index contributed by atoms with van der Waals surface area (Å²) in [6.07, 6.45) is 5.29. The first-order valence-corrected chi connectivity index (χ1v) is 6.54. The summed E-state index contributed by atoms with van der Waals surface area (Å²) in [6, 6.07) is 2.57. The summed E-state index contributed by atoms with van der Waals surface area (Å²) in [5, 5.41) is 3.58. The van der Waals surface area contributed by atoms with E-state index in [1.165, 1.54) is 18.4 Å². The topological polar surface area (TPSA) is 25.2 Å². The quantitative estimate of drug-likeness (QED) is 0.757. The van der Waals surface area contributed by atoms with E-state index < -0.39 is 0 Å².